The highest BCUT2D eigenvalue weighted by Gasteiger charge is 2.43. The third-order valence-electron chi connectivity index (χ3n) is 13.7. The maximum Gasteiger partial charge on any atom is 0.164 e. The normalized spacial score (nSPS) is 24.6. The Hall–Kier alpha value is -4.79. The quantitative estimate of drug-likeness (QED) is 0.0632. The lowest BCUT2D eigenvalue weighted by Crippen LogP contribution is -2.47. The molecule has 2 aromatic heterocycles. The molecular formula is C49H69ClN12O6. The number of aromatic nitrogens is 4. The summed E-state index contributed by atoms with van der Waals surface area (Å²) in [6.07, 6.45) is 2.26. The van der Waals surface area contributed by atoms with Crippen LogP contribution in [0.4, 0.5) is 29.0 Å². The molecule has 5 aliphatic heterocycles. The Labute approximate surface area is 404 Å². The molecular weight excluding hydrogens is 888 g/mol. The number of fused-ring (bicyclic) bond motifs is 2. The molecule has 7 N–H and O–H groups in total. The SMILES string of the molecule is CNCC(O)COc1cccc(-c2nc(NC3CCOC3)c(C)c(N3CC(Cl)CC(Nc4cc(OCC(O)CNC)cc(-c5nc(NC6CCOC6)c(C)c(N6CC7CC6CN7C)n5)c4)C3)n2)c1. The fraction of sp³-hybridized carbons (Fsp3) is 0.592. The van der Waals surface area contributed by atoms with Crippen molar-refractivity contribution in [2.45, 2.75) is 87.3 Å². The number of rotatable bonds is 20. The van der Waals surface area contributed by atoms with E-state index >= 15 is 0 Å². The van der Waals surface area contributed by atoms with Crippen molar-refractivity contribution in [2.24, 2.45) is 0 Å². The van der Waals surface area contributed by atoms with Crippen LogP contribution >= 0.6 is 11.6 Å². The zero-order chi connectivity index (χ0) is 47.3. The Balaban J connectivity index is 1.03. The number of alkyl halides is 1. The summed E-state index contributed by atoms with van der Waals surface area (Å²) in [6.45, 7) is 11.0. The number of nitrogens with one attached hydrogen (secondary N) is 5. The van der Waals surface area contributed by atoms with E-state index in [0.717, 1.165) is 90.2 Å². The van der Waals surface area contributed by atoms with E-state index in [4.69, 9.17) is 50.5 Å². The third-order valence-corrected chi connectivity index (χ3v) is 14.0. The maximum absolute atomic E-state index is 10.7. The summed E-state index contributed by atoms with van der Waals surface area (Å²) in [5.41, 5.74) is 4.36. The van der Waals surface area contributed by atoms with E-state index in [9.17, 15) is 10.2 Å². The average Bonchev–Trinajstić information content (AvgIpc) is 4.17. The van der Waals surface area contributed by atoms with Gasteiger partial charge in [0.15, 0.2) is 11.6 Å². The highest BCUT2D eigenvalue weighted by molar-refractivity contribution is 6.21. The van der Waals surface area contributed by atoms with Crippen LogP contribution in [0.1, 0.15) is 36.8 Å². The summed E-state index contributed by atoms with van der Waals surface area (Å²) in [6, 6.07) is 14.8. The van der Waals surface area contributed by atoms with Gasteiger partial charge in [0.05, 0.1) is 30.7 Å². The lowest BCUT2D eigenvalue weighted by atomic mass is 10.0. The molecule has 0 spiro atoms. The van der Waals surface area contributed by atoms with Gasteiger partial charge in [-0.25, -0.2) is 19.9 Å². The number of aliphatic hydroxyl groups excluding tert-OH is 2. The molecule has 0 amide bonds. The smallest absolute Gasteiger partial charge is 0.164 e. The van der Waals surface area contributed by atoms with E-state index in [2.05, 4.69) is 68.2 Å². The Kier molecular flexibility index (Phi) is 15.5. The van der Waals surface area contributed by atoms with Gasteiger partial charge in [-0.15, -0.1) is 11.6 Å². The minimum atomic E-state index is -0.702. The number of likely N-dealkylation sites (N-methyl/N-ethyl adjacent to an activating group) is 3. The molecule has 5 saturated heterocycles. The van der Waals surface area contributed by atoms with E-state index in [1.165, 1.54) is 0 Å². The molecule has 8 atom stereocenters. The fourth-order valence-electron chi connectivity index (χ4n) is 10.1. The summed E-state index contributed by atoms with van der Waals surface area (Å²) in [5, 5.41) is 38.0. The average molecular weight is 958 g/mol. The first-order valence-corrected chi connectivity index (χ1v) is 24.7. The molecule has 4 aromatic rings. The van der Waals surface area contributed by atoms with Crippen molar-refractivity contribution in [1.29, 1.82) is 0 Å². The van der Waals surface area contributed by atoms with Gasteiger partial charge >= 0.3 is 0 Å². The van der Waals surface area contributed by atoms with Gasteiger partial charge < -0.3 is 65.5 Å². The van der Waals surface area contributed by atoms with Gasteiger partial charge in [-0.1, -0.05) is 12.1 Å². The van der Waals surface area contributed by atoms with Crippen LogP contribution in [0.2, 0.25) is 0 Å². The predicted octanol–water partition coefficient (Wildman–Crippen LogP) is 3.73. The maximum atomic E-state index is 10.7. The number of anilines is 5. The standard InChI is InChI=1S/C49H69ClN12O6/c1-29-44(54-34-9-11-65-25-34)56-46(31-7-6-8-42(14-31)67-27-40(63)19-51-3)58-48(29)61-21-33(50)16-37(22-61)53-36-13-32(15-43(17-36)68-28-41(64)20-52-4)47-57-45(55-35-10-12-66-26-35)30(2)49(59-47)62-24-38-18-39(62)23-60(38)5/h6-8,13-15,17,33-35,37-41,51-53,63-64H,9-12,16,18-28H2,1-5H3,(H,54,56,58)(H,55,57,59). The van der Waals surface area contributed by atoms with Gasteiger partial charge in [0.25, 0.3) is 0 Å². The highest BCUT2D eigenvalue weighted by Crippen LogP contribution is 2.39. The Morgan fingerprint density at radius 3 is 1.96 bits per heavy atom. The molecule has 0 saturated carbocycles. The number of likely N-dealkylation sites (tertiary alicyclic amines) is 1. The molecule has 7 heterocycles. The molecule has 8 unspecified atom stereocenters. The van der Waals surface area contributed by atoms with E-state index in [-0.39, 0.29) is 36.7 Å². The van der Waals surface area contributed by atoms with Gasteiger partial charge in [0.1, 0.15) is 60.2 Å². The number of hydrogen-bond donors (Lipinski definition) is 7. The molecule has 5 fully saturated rings. The topological polar surface area (TPSA) is 199 Å². The van der Waals surface area contributed by atoms with Crippen molar-refractivity contribution >= 4 is 40.6 Å². The van der Waals surface area contributed by atoms with Crippen LogP contribution in [0.25, 0.3) is 22.8 Å². The van der Waals surface area contributed by atoms with E-state index in [1.807, 2.05) is 43.4 Å². The summed E-state index contributed by atoms with van der Waals surface area (Å²) in [4.78, 5) is 28.0. The zero-order valence-electron chi connectivity index (χ0n) is 40.0. The van der Waals surface area contributed by atoms with Gasteiger partial charge in [0, 0.05) is 105 Å². The van der Waals surface area contributed by atoms with Gasteiger partial charge in [-0.3, -0.25) is 4.90 Å². The van der Waals surface area contributed by atoms with E-state index < -0.39 is 12.2 Å². The predicted molar refractivity (Wildman–Crippen MR) is 267 cm³/mol. The van der Waals surface area contributed by atoms with Crippen molar-refractivity contribution in [3.05, 3.63) is 53.6 Å². The first-order chi connectivity index (χ1) is 33.0. The summed E-state index contributed by atoms with van der Waals surface area (Å²) in [5.74, 6) is 5.64. The zero-order valence-corrected chi connectivity index (χ0v) is 40.8. The summed E-state index contributed by atoms with van der Waals surface area (Å²) < 4.78 is 23.8. The van der Waals surface area contributed by atoms with E-state index in [1.54, 1.807) is 7.05 Å². The third kappa shape index (κ3) is 11.5. The van der Waals surface area contributed by atoms with Crippen molar-refractivity contribution in [3.63, 3.8) is 0 Å². The lowest BCUT2D eigenvalue weighted by Gasteiger charge is -2.38. The second kappa shape index (κ2) is 21.9. The van der Waals surface area contributed by atoms with Crippen molar-refractivity contribution in [2.75, 3.05) is 126 Å². The van der Waals surface area contributed by atoms with Crippen LogP contribution in [-0.2, 0) is 9.47 Å². The Morgan fingerprint density at radius 2 is 1.34 bits per heavy atom. The molecule has 19 heteroatoms. The van der Waals surface area contributed by atoms with Gasteiger partial charge in [0.2, 0.25) is 0 Å². The molecule has 9 rings (SSSR count). The minimum absolute atomic E-state index is 0.0892. The van der Waals surface area contributed by atoms with Crippen LogP contribution in [0.15, 0.2) is 42.5 Å². The summed E-state index contributed by atoms with van der Waals surface area (Å²) >= 11 is 7.20. The highest BCUT2D eigenvalue weighted by atomic mass is 35.5. The monoisotopic (exact) mass is 957 g/mol. The second-order valence-electron chi connectivity index (χ2n) is 19.1. The number of nitrogens with zero attached hydrogens (tertiary/aromatic N) is 7. The number of piperidine rings is 1. The number of hydrogen-bond acceptors (Lipinski definition) is 18. The number of benzene rings is 2. The van der Waals surface area contributed by atoms with Crippen LogP contribution in [-0.4, -0.2) is 183 Å². The van der Waals surface area contributed by atoms with Crippen LogP contribution in [0, 0.1) is 13.8 Å². The van der Waals surface area contributed by atoms with Crippen molar-refractivity contribution < 1.29 is 29.2 Å². The molecule has 5 aliphatic rings. The molecule has 368 valence electrons. The minimum Gasteiger partial charge on any atom is -0.491 e. The van der Waals surface area contributed by atoms with E-state index in [0.29, 0.717) is 87.7 Å². The fourth-order valence-corrected chi connectivity index (χ4v) is 10.5. The summed E-state index contributed by atoms with van der Waals surface area (Å²) in [7, 11) is 5.82. The number of ether oxygens (including phenoxy) is 4. The first-order valence-electron chi connectivity index (χ1n) is 24.2. The van der Waals surface area contributed by atoms with Gasteiger partial charge in [-0.05, 0) is 84.9 Å². The van der Waals surface area contributed by atoms with Crippen LogP contribution in [0.5, 0.6) is 11.5 Å². The molecule has 0 aliphatic carbocycles. The molecule has 68 heavy (non-hydrogen) atoms. The largest absolute Gasteiger partial charge is 0.491 e. The molecule has 0 radical (unpaired) electrons. The molecule has 2 bridgehead atoms. The number of aliphatic hydroxyl groups is 2. The second-order valence-corrected chi connectivity index (χ2v) is 19.7. The number of halogens is 1. The number of piperazine rings is 1. The van der Waals surface area contributed by atoms with Crippen LogP contribution < -0.4 is 45.9 Å². The first kappa shape index (κ1) is 48.2. The lowest BCUT2D eigenvalue weighted by molar-refractivity contribution is 0.108. The molecule has 2 aromatic carbocycles. The van der Waals surface area contributed by atoms with Crippen LogP contribution in [0.3, 0.4) is 0 Å². The van der Waals surface area contributed by atoms with Crippen molar-refractivity contribution in [1.82, 2.24) is 35.5 Å². The Morgan fingerprint density at radius 1 is 0.706 bits per heavy atom. The van der Waals surface area contributed by atoms with Gasteiger partial charge in [-0.2, -0.15) is 0 Å². The molecule has 18 nitrogen and oxygen atoms in total. The van der Waals surface area contributed by atoms with Crippen molar-refractivity contribution in [3.8, 4) is 34.3 Å². The Bertz CT molecular complexity index is 2340.